The summed E-state index contributed by atoms with van der Waals surface area (Å²) in [5, 5.41) is 6.60. The minimum atomic E-state index is 0.118. The van der Waals surface area contributed by atoms with Gasteiger partial charge >= 0.3 is 0 Å². The van der Waals surface area contributed by atoms with Gasteiger partial charge in [-0.05, 0) is 48.1 Å². The third kappa shape index (κ3) is 3.44. The second-order valence-corrected chi connectivity index (χ2v) is 6.83. The van der Waals surface area contributed by atoms with Crippen molar-refractivity contribution in [2.24, 2.45) is 11.7 Å². The normalized spacial score (nSPS) is 22.3. The van der Waals surface area contributed by atoms with Crippen LogP contribution in [0.25, 0.3) is 10.1 Å². The number of rotatable bonds is 4. The maximum atomic E-state index is 12.2. The van der Waals surface area contributed by atoms with Crippen LogP contribution >= 0.6 is 11.3 Å². The van der Waals surface area contributed by atoms with Gasteiger partial charge in [0.1, 0.15) is 0 Å². The molecule has 2 aromatic rings. The van der Waals surface area contributed by atoms with Crippen LogP contribution in [-0.2, 0) is 11.2 Å². The minimum absolute atomic E-state index is 0.118. The van der Waals surface area contributed by atoms with E-state index >= 15 is 0 Å². The third-order valence-corrected chi connectivity index (χ3v) is 5.35. The molecular weight excluding hydrogens is 280 g/mol. The predicted molar refractivity (Wildman–Crippen MR) is 88.5 cm³/mol. The van der Waals surface area contributed by atoms with Crippen molar-refractivity contribution in [3.63, 3.8) is 0 Å². The van der Waals surface area contributed by atoms with E-state index in [1.807, 2.05) is 0 Å². The van der Waals surface area contributed by atoms with Crippen molar-refractivity contribution >= 4 is 27.3 Å². The van der Waals surface area contributed by atoms with Crippen molar-refractivity contribution in [2.45, 2.75) is 38.1 Å². The lowest BCUT2D eigenvalue weighted by Crippen LogP contribution is -2.38. The van der Waals surface area contributed by atoms with E-state index in [1.165, 1.54) is 15.6 Å². The van der Waals surface area contributed by atoms with Crippen LogP contribution < -0.4 is 11.1 Å². The fraction of sp³-hybridized carbons (Fsp3) is 0.471. The number of hydrogen-bond donors (Lipinski definition) is 2. The number of carbonyl (C=O) groups is 1. The highest BCUT2D eigenvalue weighted by Gasteiger charge is 2.24. The molecule has 3 rings (SSSR count). The Morgan fingerprint density at radius 2 is 2.19 bits per heavy atom. The van der Waals surface area contributed by atoms with Crippen LogP contribution in [0.2, 0.25) is 0 Å². The Morgan fingerprint density at radius 3 is 3.05 bits per heavy atom. The summed E-state index contributed by atoms with van der Waals surface area (Å²) in [6.45, 7) is 0.714. The van der Waals surface area contributed by atoms with Crippen molar-refractivity contribution < 1.29 is 4.79 Å². The first-order valence-corrected chi connectivity index (χ1v) is 8.60. The fourth-order valence-corrected chi connectivity index (χ4v) is 4.15. The number of benzene rings is 1. The molecule has 3 N–H and O–H groups in total. The molecule has 0 radical (unpaired) electrons. The number of hydrogen-bond acceptors (Lipinski definition) is 3. The van der Waals surface area contributed by atoms with Gasteiger partial charge in [-0.1, -0.05) is 24.6 Å². The van der Waals surface area contributed by atoms with E-state index < -0.39 is 0 Å². The van der Waals surface area contributed by atoms with Crippen molar-refractivity contribution in [1.29, 1.82) is 0 Å². The summed E-state index contributed by atoms with van der Waals surface area (Å²) in [6, 6.07) is 8.64. The maximum absolute atomic E-state index is 12.2. The lowest BCUT2D eigenvalue weighted by molar-refractivity contribution is -0.126. The molecule has 1 fully saturated rings. The molecular formula is C17H22N2OS. The molecule has 3 nitrogen and oxygen atoms in total. The van der Waals surface area contributed by atoms with Crippen molar-refractivity contribution in [3.8, 4) is 0 Å². The second kappa shape index (κ2) is 6.58. The highest BCUT2D eigenvalue weighted by molar-refractivity contribution is 7.17. The van der Waals surface area contributed by atoms with Crippen LogP contribution in [0.15, 0.2) is 29.6 Å². The summed E-state index contributed by atoms with van der Waals surface area (Å²) in [5.41, 5.74) is 7.28. The summed E-state index contributed by atoms with van der Waals surface area (Å²) in [6.07, 6.45) is 4.86. The van der Waals surface area contributed by atoms with Crippen molar-refractivity contribution in [3.05, 3.63) is 35.2 Å². The molecule has 1 heterocycles. The molecule has 0 spiro atoms. The van der Waals surface area contributed by atoms with Crippen LogP contribution in [0, 0.1) is 5.92 Å². The number of fused-ring (bicyclic) bond motifs is 1. The first kappa shape index (κ1) is 14.5. The predicted octanol–water partition coefficient (Wildman–Crippen LogP) is 3.08. The standard InChI is InChI=1S/C17H22N2OS/c18-14-5-3-4-12(10-14)17(20)19-9-8-13-11-21-16-7-2-1-6-15(13)16/h1-2,6-7,11-12,14H,3-5,8-10,18H2,(H,19,20). The Labute approximate surface area is 129 Å². The molecule has 1 amide bonds. The average Bonchev–Trinajstić information content (AvgIpc) is 2.91. The van der Waals surface area contributed by atoms with Gasteiger partial charge in [0.15, 0.2) is 0 Å². The minimum Gasteiger partial charge on any atom is -0.356 e. The van der Waals surface area contributed by atoms with Gasteiger partial charge in [-0.3, -0.25) is 4.79 Å². The second-order valence-electron chi connectivity index (χ2n) is 5.92. The highest BCUT2D eigenvalue weighted by atomic mass is 32.1. The first-order chi connectivity index (χ1) is 10.2. The smallest absolute Gasteiger partial charge is 0.223 e. The molecule has 0 bridgehead atoms. The van der Waals surface area contributed by atoms with Crippen LogP contribution in [0.4, 0.5) is 0 Å². The molecule has 2 unspecified atom stereocenters. The van der Waals surface area contributed by atoms with E-state index in [-0.39, 0.29) is 17.9 Å². The van der Waals surface area contributed by atoms with Crippen LogP contribution in [0.5, 0.6) is 0 Å². The zero-order valence-corrected chi connectivity index (χ0v) is 13.0. The largest absolute Gasteiger partial charge is 0.356 e. The van der Waals surface area contributed by atoms with Gasteiger partial charge in [-0.15, -0.1) is 11.3 Å². The summed E-state index contributed by atoms with van der Waals surface area (Å²) in [5.74, 6) is 0.303. The fourth-order valence-electron chi connectivity index (χ4n) is 3.16. The summed E-state index contributed by atoms with van der Waals surface area (Å²) in [4.78, 5) is 12.2. The molecule has 0 saturated heterocycles. The molecule has 1 aliphatic carbocycles. The van der Waals surface area contributed by atoms with E-state index in [0.717, 1.165) is 32.1 Å². The van der Waals surface area contributed by atoms with E-state index in [4.69, 9.17) is 5.73 Å². The Morgan fingerprint density at radius 1 is 1.33 bits per heavy atom. The highest BCUT2D eigenvalue weighted by Crippen LogP contribution is 2.26. The van der Waals surface area contributed by atoms with Crippen molar-refractivity contribution in [1.82, 2.24) is 5.32 Å². The van der Waals surface area contributed by atoms with Gasteiger partial charge in [-0.2, -0.15) is 0 Å². The van der Waals surface area contributed by atoms with Gasteiger partial charge in [-0.25, -0.2) is 0 Å². The Bertz CT molecular complexity index is 622. The number of amides is 1. The number of nitrogens with two attached hydrogens (primary N) is 1. The van der Waals surface area contributed by atoms with Crippen molar-refractivity contribution in [2.75, 3.05) is 6.54 Å². The lowest BCUT2D eigenvalue weighted by Gasteiger charge is -2.25. The summed E-state index contributed by atoms with van der Waals surface area (Å²) < 4.78 is 1.32. The molecule has 1 aliphatic rings. The molecule has 1 aromatic carbocycles. The SMILES string of the molecule is NC1CCCC(C(=O)NCCc2csc3ccccc23)C1. The first-order valence-electron chi connectivity index (χ1n) is 7.72. The number of nitrogens with one attached hydrogen (secondary N) is 1. The van der Waals surface area contributed by atoms with E-state index in [9.17, 15) is 4.79 Å². The molecule has 112 valence electrons. The van der Waals surface area contributed by atoms with Gasteiger partial charge in [0, 0.05) is 23.2 Å². The van der Waals surface area contributed by atoms with E-state index in [2.05, 4.69) is 35.0 Å². The van der Waals surface area contributed by atoms with E-state index in [0.29, 0.717) is 6.54 Å². The summed E-state index contributed by atoms with van der Waals surface area (Å²) >= 11 is 1.77. The lowest BCUT2D eigenvalue weighted by atomic mass is 9.85. The average molecular weight is 302 g/mol. The molecule has 4 heteroatoms. The maximum Gasteiger partial charge on any atom is 0.223 e. The zero-order valence-electron chi connectivity index (χ0n) is 12.2. The van der Waals surface area contributed by atoms with Crippen LogP contribution in [0.3, 0.4) is 0 Å². The topological polar surface area (TPSA) is 55.1 Å². The zero-order chi connectivity index (χ0) is 14.7. The Balaban J connectivity index is 1.52. The number of thiophene rings is 1. The third-order valence-electron chi connectivity index (χ3n) is 4.34. The van der Waals surface area contributed by atoms with Gasteiger partial charge in [0.2, 0.25) is 5.91 Å². The van der Waals surface area contributed by atoms with Crippen LogP contribution in [0.1, 0.15) is 31.2 Å². The van der Waals surface area contributed by atoms with Gasteiger partial charge in [0.25, 0.3) is 0 Å². The molecule has 2 atom stereocenters. The van der Waals surface area contributed by atoms with Crippen LogP contribution in [-0.4, -0.2) is 18.5 Å². The van der Waals surface area contributed by atoms with Gasteiger partial charge in [0.05, 0.1) is 0 Å². The molecule has 0 aliphatic heterocycles. The van der Waals surface area contributed by atoms with E-state index in [1.54, 1.807) is 11.3 Å². The number of carbonyl (C=O) groups excluding carboxylic acids is 1. The summed E-state index contributed by atoms with van der Waals surface area (Å²) in [7, 11) is 0. The Hall–Kier alpha value is -1.39. The van der Waals surface area contributed by atoms with Gasteiger partial charge < -0.3 is 11.1 Å². The Kier molecular flexibility index (Phi) is 4.56. The quantitative estimate of drug-likeness (QED) is 0.912. The molecule has 21 heavy (non-hydrogen) atoms. The molecule has 1 saturated carbocycles. The monoisotopic (exact) mass is 302 g/mol. The molecule has 1 aromatic heterocycles.